The summed E-state index contributed by atoms with van der Waals surface area (Å²) in [6.45, 7) is 16.1. The maximum atomic E-state index is 10.9. The number of rotatable bonds is 1. The molecule has 4 heterocycles. The monoisotopic (exact) mass is 707 g/mol. The van der Waals surface area contributed by atoms with Crippen molar-refractivity contribution >= 4 is 31.7 Å². The third-order valence-corrected chi connectivity index (χ3v) is 8.75. The Morgan fingerprint density at radius 2 is 1.08 bits per heavy atom. The molecule has 6 fully saturated rings. The van der Waals surface area contributed by atoms with Crippen molar-refractivity contribution in [2.75, 3.05) is 92.9 Å². The predicted molar refractivity (Wildman–Crippen MR) is 175 cm³/mol. The van der Waals surface area contributed by atoms with Gasteiger partial charge in [-0.1, -0.05) is 0 Å². The molecule has 49 heavy (non-hydrogen) atoms. The molecule has 4 aliphatic heterocycles. The molecule has 2 spiro atoms. The number of likely N-dealkylation sites (N-methyl/N-ethyl adjacent to an activating group) is 2. The Kier molecular flexibility index (Phi) is 23.3. The van der Waals surface area contributed by atoms with E-state index >= 15 is 0 Å². The number of nitrogens with zero attached hydrogens (tertiary/aromatic N) is 3. The van der Waals surface area contributed by atoms with E-state index in [9.17, 15) is 19.2 Å². The van der Waals surface area contributed by atoms with Crippen molar-refractivity contribution in [3.8, 4) is 0 Å². The van der Waals surface area contributed by atoms with Crippen molar-refractivity contribution < 1.29 is 82.1 Å². The summed E-state index contributed by atoms with van der Waals surface area (Å²) in [4.78, 5) is 55.1. The zero-order valence-corrected chi connectivity index (χ0v) is 32.6. The second kappa shape index (κ2) is 24.9. The van der Waals surface area contributed by atoms with E-state index < -0.39 is 17.9 Å². The first-order valence-electron chi connectivity index (χ1n) is 17.0. The van der Waals surface area contributed by atoms with Crippen molar-refractivity contribution in [2.45, 2.75) is 89.8 Å². The van der Waals surface area contributed by atoms with Crippen LogP contribution in [0.2, 0.25) is 0 Å². The van der Waals surface area contributed by atoms with Crippen LogP contribution >= 0.6 is 0 Å². The van der Waals surface area contributed by atoms with Gasteiger partial charge in [-0.25, -0.2) is 19.4 Å². The molecule has 2 saturated carbocycles. The minimum Gasteiger partial charge on any atom is -0.793 e. The van der Waals surface area contributed by atoms with Crippen LogP contribution in [0, 0.1) is 0 Å². The third-order valence-electron chi connectivity index (χ3n) is 8.75. The number of carbonyl (C=O) groups is 4. The average molecular weight is 708 g/mol. The largest absolute Gasteiger partial charge is 1.00 e. The number of nitrogens with one attached hydrogen (secondary N) is 1. The topological polar surface area (TPSA) is 155 Å². The zero-order chi connectivity index (χ0) is 35.4. The van der Waals surface area contributed by atoms with Crippen LogP contribution in [0.15, 0.2) is 0 Å². The molecule has 0 aromatic carbocycles. The van der Waals surface area contributed by atoms with Crippen LogP contribution in [0.1, 0.15) is 72.1 Å². The van der Waals surface area contributed by atoms with Gasteiger partial charge < -0.3 is 46.8 Å². The molecule has 6 rings (SSSR count). The number of carbonyl (C=O) groups excluding carboxylic acids is 4. The van der Waals surface area contributed by atoms with E-state index in [1.165, 1.54) is 59.0 Å². The first kappa shape index (κ1) is 45.8. The quantitative estimate of drug-likeness (QED) is 0.181. The van der Waals surface area contributed by atoms with Gasteiger partial charge in [0, 0.05) is 118 Å². The number of hydrogen-bond acceptors (Lipinski definition) is 15. The minimum absolute atomic E-state index is 0. The number of Topliss-reactive ketones (excluding diaryl/α,β-unsaturated/α-hetero) is 1. The molecular formula is C32H57BN4NaO11. The summed E-state index contributed by atoms with van der Waals surface area (Å²) in [5, 5.41) is 3.27. The van der Waals surface area contributed by atoms with Crippen LogP contribution in [0.5, 0.6) is 0 Å². The fourth-order valence-corrected chi connectivity index (χ4v) is 5.97. The van der Waals surface area contributed by atoms with Gasteiger partial charge in [0.25, 0.3) is 0 Å². The Morgan fingerprint density at radius 1 is 0.694 bits per heavy atom. The first-order chi connectivity index (χ1) is 22.9. The maximum Gasteiger partial charge on any atom is 1.00 e. The molecule has 275 valence electrons. The third kappa shape index (κ3) is 19.3. The summed E-state index contributed by atoms with van der Waals surface area (Å²) in [5.74, 6) is -1.96. The van der Waals surface area contributed by atoms with E-state index in [1.807, 2.05) is 0 Å². The molecule has 17 heteroatoms. The standard InChI is InChI=1S/C13H24N2O2.C8H12O3.C5H12N2.C4H6O4.C2H3BO2.Na/c1-14-6-8-15(9-7-14)12-2-4-13(5-3-12)16-10-11-17-13;9-7-1-3-8(4-2-7)10-5-6-11-8;1-7-4-2-6-3-5-7;1-3(5)7-8-4(2)6;1-2(4)5-3;/h12H,2-11H2,1H3;1-6H2;6H,2-5H2,1H3;1-2H3;1H3;/q;;;;-1;+1. The normalized spacial score (nSPS) is 23.4. The molecular weight excluding hydrogens is 650 g/mol. The van der Waals surface area contributed by atoms with Crippen molar-refractivity contribution in [1.82, 2.24) is 20.0 Å². The molecule has 4 saturated heterocycles. The molecule has 0 atom stereocenters. The maximum absolute atomic E-state index is 10.9. The van der Waals surface area contributed by atoms with E-state index in [0.29, 0.717) is 31.8 Å². The second-order valence-electron chi connectivity index (χ2n) is 12.6. The van der Waals surface area contributed by atoms with Gasteiger partial charge in [-0.2, -0.15) is 0 Å². The van der Waals surface area contributed by atoms with Gasteiger partial charge in [-0.15, -0.1) is 0 Å². The van der Waals surface area contributed by atoms with Crippen molar-refractivity contribution in [3.63, 3.8) is 0 Å². The van der Waals surface area contributed by atoms with Crippen LogP contribution in [-0.4, -0.2) is 157 Å². The molecule has 0 bridgehead atoms. The van der Waals surface area contributed by atoms with E-state index in [0.717, 1.165) is 71.9 Å². The van der Waals surface area contributed by atoms with Crippen LogP contribution in [0.3, 0.4) is 0 Å². The predicted octanol–water partition coefficient (Wildman–Crippen LogP) is -2.02. The zero-order valence-electron chi connectivity index (χ0n) is 30.6. The van der Waals surface area contributed by atoms with Gasteiger partial charge in [-0.05, 0) is 26.9 Å². The summed E-state index contributed by atoms with van der Waals surface area (Å²) >= 11 is 0. The molecule has 1 N–H and O–H groups in total. The van der Waals surface area contributed by atoms with E-state index in [2.05, 4.69) is 56.6 Å². The first-order valence-corrected chi connectivity index (χ1v) is 17.0. The Bertz CT molecular complexity index is 937. The molecule has 0 amide bonds. The van der Waals surface area contributed by atoms with Gasteiger partial charge >= 0.3 is 41.5 Å². The molecule has 0 aromatic rings. The Labute approximate surface area is 315 Å². The Morgan fingerprint density at radius 3 is 1.43 bits per heavy atom. The molecule has 2 aliphatic carbocycles. The van der Waals surface area contributed by atoms with Crippen LogP contribution in [-0.2, 0) is 52.6 Å². The molecule has 0 unspecified atom stereocenters. The average Bonchev–Trinajstić information content (AvgIpc) is 3.74. The van der Waals surface area contributed by atoms with Crippen molar-refractivity contribution in [3.05, 3.63) is 0 Å². The number of piperazine rings is 2. The van der Waals surface area contributed by atoms with Gasteiger partial charge in [0.1, 0.15) is 5.78 Å². The van der Waals surface area contributed by atoms with Crippen LogP contribution in [0.4, 0.5) is 0 Å². The SMILES string of the molecule is CC(=O)OOC(C)=O.CN1CCN(C2CCC3(CC2)OCCO3)CC1.CN1CCNCC1.O=C1CCC2(CC1)OCCO2.[B-]OC(C)=O.[Na+]. The summed E-state index contributed by atoms with van der Waals surface area (Å²) < 4.78 is 26.1. The minimum atomic E-state index is -0.639. The molecule has 6 aliphatic rings. The smallest absolute Gasteiger partial charge is 0.793 e. The molecule has 0 aromatic heterocycles. The molecule has 15 nitrogen and oxygen atoms in total. The Hall–Kier alpha value is -1.18. The van der Waals surface area contributed by atoms with Crippen LogP contribution < -0.4 is 34.9 Å². The summed E-state index contributed by atoms with van der Waals surface area (Å²) in [6, 6.07) is 0.766. The number of ether oxygens (including phenoxy) is 4. The fraction of sp³-hybridized carbons (Fsp3) is 0.875. The summed E-state index contributed by atoms with van der Waals surface area (Å²) in [7, 11) is 8.69. The van der Waals surface area contributed by atoms with E-state index in [-0.39, 0.29) is 41.1 Å². The number of hydrogen-bond donors (Lipinski definition) is 1. The summed E-state index contributed by atoms with van der Waals surface area (Å²) in [5.41, 5.74) is 0. The number of ketones is 1. The van der Waals surface area contributed by atoms with Gasteiger partial charge in [0.05, 0.1) is 26.4 Å². The van der Waals surface area contributed by atoms with E-state index in [1.54, 1.807) is 0 Å². The Balaban J connectivity index is 0.000000328. The summed E-state index contributed by atoms with van der Waals surface area (Å²) in [6.07, 6.45) is 7.42. The van der Waals surface area contributed by atoms with Gasteiger partial charge in [0.15, 0.2) is 11.6 Å². The van der Waals surface area contributed by atoms with Gasteiger partial charge in [0.2, 0.25) is 5.97 Å². The van der Waals surface area contributed by atoms with Crippen molar-refractivity contribution in [2.24, 2.45) is 0 Å². The molecule has 3 radical (unpaired) electrons. The van der Waals surface area contributed by atoms with Gasteiger partial charge in [-0.3, -0.25) is 14.5 Å². The van der Waals surface area contributed by atoms with Crippen molar-refractivity contribution in [1.29, 1.82) is 0 Å². The van der Waals surface area contributed by atoms with E-state index in [4.69, 9.17) is 18.9 Å². The second-order valence-corrected chi connectivity index (χ2v) is 12.6. The fourth-order valence-electron chi connectivity index (χ4n) is 5.97. The van der Waals surface area contributed by atoms with Crippen LogP contribution in [0.25, 0.3) is 0 Å².